The average Bonchev–Trinajstić information content (AvgIpc) is 2.45. The predicted octanol–water partition coefficient (Wildman–Crippen LogP) is 4.83. The van der Waals surface area contributed by atoms with Gasteiger partial charge in [0.1, 0.15) is 0 Å². The Morgan fingerprint density at radius 3 is 2.57 bits per heavy atom. The van der Waals surface area contributed by atoms with E-state index < -0.39 is 8.32 Å². The lowest BCUT2D eigenvalue weighted by Crippen LogP contribution is -2.34. The highest BCUT2D eigenvalue weighted by Crippen LogP contribution is 2.19. The van der Waals surface area contributed by atoms with Gasteiger partial charge in [0.15, 0.2) is 8.32 Å². The van der Waals surface area contributed by atoms with Crippen LogP contribution in [0.1, 0.15) is 38.2 Å². The molecule has 0 bridgehead atoms. The van der Waals surface area contributed by atoms with Crippen LogP contribution < -0.4 is 5.32 Å². The first-order valence-electron chi connectivity index (χ1n) is 8.10. The summed E-state index contributed by atoms with van der Waals surface area (Å²) < 4.78 is 6.10. The summed E-state index contributed by atoms with van der Waals surface area (Å²) in [5, 5.41) is 3.94. The molecular formula is C17H31NOSSi. The number of hydrogen-bond donors (Lipinski definition) is 2. The van der Waals surface area contributed by atoms with E-state index in [1.807, 2.05) is 6.07 Å². The fourth-order valence-corrected chi connectivity index (χ4v) is 4.48. The highest BCUT2D eigenvalue weighted by molar-refractivity contribution is 7.80. The second-order valence-corrected chi connectivity index (χ2v) is 11.3. The Bertz CT molecular complexity index is 372. The Hall–Kier alpha value is -0.293. The van der Waals surface area contributed by atoms with Gasteiger partial charge >= 0.3 is 0 Å². The topological polar surface area (TPSA) is 21.3 Å². The van der Waals surface area contributed by atoms with Gasteiger partial charge in [0, 0.05) is 11.8 Å². The maximum Gasteiger partial charge on any atom is 0.188 e. The molecule has 1 atom stereocenters. The summed E-state index contributed by atoms with van der Waals surface area (Å²) in [5.74, 6) is 0. The van der Waals surface area contributed by atoms with Gasteiger partial charge in [-0.15, -0.1) is 0 Å². The second-order valence-electron chi connectivity index (χ2n) is 6.30. The van der Waals surface area contributed by atoms with Crippen molar-refractivity contribution in [3.63, 3.8) is 0 Å². The van der Waals surface area contributed by atoms with E-state index in [1.54, 1.807) is 0 Å². The summed E-state index contributed by atoms with van der Waals surface area (Å²) in [6.45, 7) is 8.38. The molecule has 0 saturated carbocycles. The zero-order valence-corrected chi connectivity index (χ0v) is 15.7. The maximum atomic E-state index is 6.10. The number of rotatable bonds is 11. The molecule has 0 amide bonds. The molecule has 0 aliphatic heterocycles. The molecule has 0 aromatic heterocycles. The number of nitrogens with one attached hydrogen (secondary N) is 1. The molecular weight excluding hydrogens is 294 g/mol. The van der Waals surface area contributed by atoms with Crippen molar-refractivity contribution in [3.05, 3.63) is 35.9 Å². The third-order valence-electron chi connectivity index (χ3n) is 3.68. The van der Waals surface area contributed by atoms with E-state index in [2.05, 4.69) is 62.2 Å². The van der Waals surface area contributed by atoms with Crippen molar-refractivity contribution in [2.24, 2.45) is 0 Å². The molecule has 0 aliphatic carbocycles. The largest absolute Gasteiger partial charge is 0.405 e. The van der Waals surface area contributed by atoms with Crippen LogP contribution in [0.4, 0.5) is 0 Å². The van der Waals surface area contributed by atoms with Crippen molar-refractivity contribution in [1.29, 1.82) is 0 Å². The van der Waals surface area contributed by atoms with Gasteiger partial charge in [0.05, 0.1) is 6.73 Å². The first kappa shape index (κ1) is 18.8. The van der Waals surface area contributed by atoms with E-state index in [0.29, 0.717) is 12.0 Å². The van der Waals surface area contributed by atoms with Crippen molar-refractivity contribution >= 4 is 20.9 Å². The SMILES string of the molecule is CCCC(S)CCC[Si](C)(C)OCNCc1ccccc1. The van der Waals surface area contributed by atoms with E-state index in [1.165, 1.54) is 37.3 Å². The predicted molar refractivity (Wildman–Crippen MR) is 98.4 cm³/mol. The lowest BCUT2D eigenvalue weighted by molar-refractivity contribution is 0.271. The van der Waals surface area contributed by atoms with Crippen LogP contribution >= 0.6 is 12.6 Å². The number of benzene rings is 1. The molecule has 0 aliphatic rings. The molecule has 1 rings (SSSR count). The molecule has 0 saturated heterocycles. The van der Waals surface area contributed by atoms with Crippen LogP contribution in [0.5, 0.6) is 0 Å². The van der Waals surface area contributed by atoms with Gasteiger partial charge < -0.3 is 4.43 Å². The highest BCUT2D eigenvalue weighted by Gasteiger charge is 2.21. The monoisotopic (exact) mass is 325 g/mol. The fraction of sp³-hybridized carbons (Fsp3) is 0.647. The van der Waals surface area contributed by atoms with Crippen molar-refractivity contribution in [2.45, 2.75) is 63.5 Å². The molecule has 1 unspecified atom stereocenters. The molecule has 1 aromatic rings. The van der Waals surface area contributed by atoms with Crippen LogP contribution in [0.2, 0.25) is 19.1 Å². The Morgan fingerprint density at radius 2 is 1.90 bits per heavy atom. The second kappa shape index (κ2) is 10.4. The summed E-state index contributed by atoms with van der Waals surface area (Å²) in [4.78, 5) is 0. The van der Waals surface area contributed by atoms with Crippen LogP contribution in [-0.4, -0.2) is 20.3 Å². The average molecular weight is 326 g/mol. The minimum atomic E-state index is -1.53. The van der Waals surface area contributed by atoms with Crippen molar-refractivity contribution in [1.82, 2.24) is 5.32 Å². The minimum Gasteiger partial charge on any atom is -0.405 e. The minimum absolute atomic E-state index is 0.566. The Labute approximate surface area is 137 Å². The zero-order valence-electron chi connectivity index (χ0n) is 13.8. The van der Waals surface area contributed by atoms with Gasteiger partial charge in [-0.2, -0.15) is 12.6 Å². The van der Waals surface area contributed by atoms with E-state index in [0.717, 1.165) is 6.54 Å². The van der Waals surface area contributed by atoms with Gasteiger partial charge in [-0.1, -0.05) is 50.1 Å². The Balaban J connectivity index is 2.11. The molecule has 2 nitrogen and oxygen atoms in total. The van der Waals surface area contributed by atoms with Crippen LogP contribution in [0, 0.1) is 0 Å². The fourth-order valence-electron chi connectivity index (χ4n) is 2.35. The molecule has 21 heavy (non-hydrogen) atoms. The standard InChI is InChI=1S/C17H31NOSSi/c1-4-9-17(20)12-8-13-21(2,3)19-15-18-14-16-10-6-5-7-11-16/h5-7,10-11,17-18,20H,4,8-9,12-15H2,1-3H3. The summed E-state index contributed by atoms with van der Waals surface area (Å²) in [7, 11) is -1.53. The van der Waals surface area contributed by atoms with Crippen molar-refractivity contribution in [3.8, 4) is 0 Å². The number of thiol groups is 1. The van der Waals surface area contributed by atoms with Crippen molar-refractivity contribution < 1.29 is 4.43 Å². The maximum absolute atomic E-state index is 6.10. The lowest BCUT2D eigenvalue weighted by atomic mass is 10.2. The van der Waals surface area contributed by atoms with Gasteiger partial charge in [-0.3, -0.25) is 5.32 Å². The van der Waals surface area contributed by atoms with E-state index in [4.69, 9.17) is 4.43 Å². The smallest absolute Gasteiger partial charge is 0.188 e. The Kier molecular flexibility index (Phi) is 9.32. The molecule has 0 fully saturated rings. The van der Waals surface area contributed by atoms with Crippen LogP contribution in [0.25, 0.3) is 0 Å². The van der Waals surface area contributed by atoms with Crippen LogP contribution in [0.15, 0.2) is 30.3 Å². The normalized spacial score (nSPS) is 13.3. The quantitative estimate of drug-likeness (QED) is 0.263. The molecule has 0 radical (unpaired) electrons. The molecule has 1 N–H and O–H groups in total. The van der Waals surface area contributed by atoms with Gasteiger partial charge in [-0.25, -0.2) is 0 Å². The highest BCUT2D eigenvalue weighted by atomic mass is 32.1. The molecule has 4 heteroatoms. The summed E-state index contributed by atoms with van der Waals surface area (Å²) in [5.41, 5.74) is 1.30. The third-order valence-corrected chi connectivity index (χ3v) is 6.67. The van der Waals surface area contributed by atoms with E-state index in [9.17, 15) is 0 Å². The van der Waals surface area contributed by atoms with Crippen LogP contribution in [-0.2, 0) is 11.0 Å². The summed E-state index contributed by atoms with van der Waals surface area (Å²) in [6, 6.07) is 11.7. The summed E-state index contributed by atoms with van der Waals surface area (Å²) >= 11 is 4.63. The zero-order chi connectivity index (χ0) is 15.6. The first-order chi connectivity index (χ1) is 10.0. The van der Waals surface area contributed by atoms with Crippen molar-refractivity contribution in [2.75, 3.05) is 6.73 Å². The summed E-state index contributed by atoms with van der Waals surface area (Å²) in [6.07, 6.45) is 4.92. The van der Waals surface area contributed by atoms with Crippen LogP contribution in [0.3, 0.4) is 0 Å². The first-order valence-corrected chi connectivity index (χ1v) is 11.7. The molecule has 120 valence electrons. The number of hydrogen-bond acceptors (Lipinski definition) is 3. The Morgan fingerprint density at radius 1 is 1.19 bits per heavy atom. The molecule has 1 aromatic carbocycles. The lowest BCUT2D eigenvalue weighted by Gasteiger charge is -2.23. The van der Waals surface area contributed by atoms with Gasteiger partial charge in [0.25, 0.3) is 0 Å². The van der Waals surface area contributed by atoms with E-state index >= 15 is 0 Å². The van der Waals surface area contributed by atoms with Gasteiger partial charge in [0.2, 0.25) is 0 Å². The molecule has 0 spiro atoms. The molecule has 0 heterocycles. The van der Waals surface area contributed by atoms with E-state index in [-0.39, 0.29) is 0 Å². The van der Waals surface area contributed by atoms with Gasteiger partial charge in [-0.05, 0) is 37.5 Å². The third kappa shape index (κ3) is 9.35.